The summed E-state index contributed by atoms with van der Waals surface area (Å²) in [6.07, 6.45) is 0. The van der Waals surface area contributed by atoms with Gasteiger partial charge < -0.3 is 10.6 Å². The Bertz CT molecular complexity index is 982. The van der Waals surface area contributed by atoms with Crippen molar-refractivity contribution in [2.24, 2.45) is 0 Å². The summed E-state index contributed by atoms with van der Waals surface area (Å²) in [5, 5.41) is 6.76. The summed E-state index contributed by atoms with van der Waals surface area (Å²) < 4.78 is 0. The zero-order valence-electron chi connectivity index (χ0n) is 14.0. The molecule has 2 N–H and O–H groups in total. The van der Waals surface area contributed by atoms with Crippen molar-refractivity contribution in [2.45, 2.75) is 13.8 Å². The Kier molecular flexibility index (Phi) is 3.90. The van der Waals surface area contributed by atoms with Gasteiger partial charge in [0, 0.05) is 21.2 Å². The minimum Gasteiger partial charge on any atom is -0.321 e. The van der Waals surface area contributed by atoms with Crippen LogP contribution in [0.1, 0.15) is 22.3 Å². The summed E-state index contributed by atoms with van der Waals surface area (Å²) in [6, 6.07) is 10.9. The van der Waals surface area contributed by atoms with Crippen molar-refractivity contribution in [3.05, 3.63) is 79.8 Å². The van der Waals surface area contributed by atoms with Crippen molar-refractivity contribution in [2.75, 3.05) is 0 Å². The summed E-state index contributed by atoms with van der Waals surface area (Å²) in [5.74, 6) is -0.645. The van der Waals surface area contributed by atoms with Gasteiger partial charge in [0.05, 0.1) is 22.5 Å². The van der Waals surface area contributed by atoms with Crippen LogP contribution in [-0.4, -0.2) is 11.8 Å². The summed E-state index contributed by atoms with van der Waals surface area (Å²) >= 11 is 12.4. The molecule has 2 aromatic rings. The van der Waals surface area contributed by atoms with E-state index < -0.39 is 0 Å². The Hall–Kier alpha value is -2.56. The SMILES string of the molecule is Cc1ccc(C2=C3C(=O)NC(c4ccc(C)c(Cl)c4)=C3C(=O)N2)cc1Cl. The van der Waals surface area contributed by atoms with Gasteiger partial charge in [-0.05, 0) is 37.1 Å². The van der Waals surface area contributed by atoms with E-state index in [1.54, 1.807) is 12.1 Å². The lowest BCUT2D eigenvalue weighted by atomic mass is 10.0. The number of benzene rings is 2. The first-order valence-electron chi connectivity index (χ1n) is 8.01. The quantitative estimate of drug-likeness (QED) is 0.821. The molecule has 0 unspecified atom stereocenters. The van der Waals surface area contributed by atoms with Crippen molar-refractivity contribution in [3.63, 3.8) is 0 Å². The second-order valence-electron chi connectivity index (χ2n) is 6.34. The third-order valence-corrected chi connectivity index (χ3v) is 5.42. The van der Waals surface area contributed by atoms with Crippen LogP contribution in [-0.2, 0) is 9.59 Å². The molecular weight excluding hydrogens is 371 g/mol. The highest BCUT2D eigenvalue weighted by Gasteiger charge is 2.40. The number of carbonyl (C=O) groups excluding carboxylic acids is 2. The first-order chi connectivity index (χ1) is 12.4. The fraction of sp³-hybridized carbons (Fsp3) is 0.100. The van der Waals surface area contributed by atoms with Crippen LogP contribution in [0.25, 0.3) is 11.4 Å². The topological polar surface area (TPSA) is 58.2 Å². The number of halogens is 2. The van der Waals surface area contributed by atoms with E-state index in [9.17, 15) is 9.59 Å². The number of hydrogen-bond donors (Lipinski definition) is 2. The number of nitrogens with one attached hydrogen (secondary N) is 2. The number of fused-ring (bicyclic) bond motifs is 1. The van der Waals surface area contributed by atoms with Gasteiger partial charge in [-0.25, -0.2) is 0 Å². The number of amides is 2. The van der Waals surface area contributed by atoms with Gasteiger partial charge >= 0.3 is 0 Å². The maximum absolute atomic E-state index is 12.6. The van der Waals surface area contributed by atoms with Gasteiger partial charge in [0.1, 0.15) is 0 Å². The Morgan fingerprint density at radius 3 is 1.42 bits per heavy atom. The van der Waals surface area contributed by atoms with Crippen LogP contribution < -0.4 is 10.6 Å². The van der Waals surface area contributed by atoms with Crippen LogP contribution in [0.5, 0.6) is 0 Å². The van der Waals surface area contributed by atoms with E-state index in [0.717, 1.165) is 11.1 Å². The van der Waals surface area contributed by atoms with Crippen LogP contribution in [0.3, 0.4) is 0 Å². The van der Waals surface area contributed by atoms with Gasteiger partial charge in [-0.15, -0.1) is 0 Å². The standard InChI is InChI=1S/C20H14Cl2N2O2/c1-9-3-5-11(7-13(9)21)17-15-16(20(26)23-17)18(24-19(15)25)12-6-4-10(2)14(22)8-12/h3-8H,1-2H3,(H,23,26)(H,24,25). The molecule has 2 heterocycles. The lowest BCUT2D eigenvalue weighted by molar-refractivity contribution is -0.117. The summed E-state index contributed by atoms with van der Waals surface area (Å²) in [4.78, 5) is 25.2. The van der Waals surface area contributed by atoms with E-state index in [0.29, 0.717) is 43.7 Å². The van der Waals surface area contributed by atoms with E-state index in [2.05, 4.69) is 10.6 Å². The van der Waals surface area contributed by atoms with Crippen LogP contribution in [0, 0.1) is 13.8 Å². The smallest absolute Gasteiger partial charge is 0.258 e. The van der Waals surface area contributed by atoms with Gasteiger partial charge in [0.15, 0.2) is 0 Å². The molecule has 2 aliphatic rings. The summed E-state index contributed by atoms with van der Waals surface area (Å²) in [7, 11) is 0. The second kappa shape index (κ2) is 6.01. The van der Waals surface area contributed by atoms with Crippen LogP contribution in [0.4, 0.5) is 0 Å². The van der Waals surface area contributed by atoms with Crippen molar-refractivity contribution in [1.29, 1.82) is 0 Å². The third-order valence-electron chi connectivity index (χ3n) is 4.60. The van der Waals surface area contributed by atoms with E-state index in [1.165, 1.54) is 0 Å². The number of aryl methyl sites for hydroxylation is 2. The van der Waals surface area contributed by atoms with E-state index in [4.69, 9.17) is 23.2 Å². The lowest BCUT2D eigenvalue weighted by Gasteiger charge is -2.09. The molecule has 4 nitrogen and oxygen atoms in total. The minimum atomic E-state index is -0.322. The molecule has 0 saturated carbocycles. The highest BCUT2D eigenvalue weighted by atomic mass is 35.5. The fourth-order valence-electron chi connectivity index (χ4n) is 3.11. The summed E-state index contributed by atoms with van der Waals surface area (Å²) in [5.41, 5.74) is 4.84. The van der Waals surface area contributed by atoms with Gasteiger partial charge in [0.2, 0.25) is 0 Å². The second-order valence-corrected chi connectivity index (χ2v) is 7.15. The van der Waals surface area contributed by atoms with E-state index in [-0.39, 0.29) is 11.8 Å². The average Bonchev–Trinajstić information content (AvgIpc) is 3.12. The Balaban J connectivity index is 1.90. The van der Waals surface area contributed by atoms with Gasteiger partial charge in [-0.3, -0.25) is 9.59 Å². The molecule has 0 spiro atoms. The number of rotatable bonds is 2. The molecule has 130 valence electrons. The normalized spacial score (nSPS) is 16.2. The predicted octanol–water partition coefficient (Wildman–Crippen LogP) is 3.99. The van der Waals surface area contributed by atoms with Crippen molar-refractivity contribution in [3.8, 4) is 0 Å². The highest BCUT2D eigenvalue weighted by Crippen LogP contribution is 2.38. The van der Waals surface area contributed by atoms with E-state index in [1.807, 2.05) is 38.1 Å². The number of carbonyl (C=O) groups is 2. The lowest BCUT2D eigenvalue weighted by Crippen LogP contribution is -2.21. The van der Waals surface area contributed by atoms with Crippen molar-refractivity contribution >= 4 is 46.4 Å². The highest BCUT2D eigenvalue weighted by molar-refractivity contribution is 6.33. The molecule has 6 heteroatoms. The molecule has 2 aromatic carbocycles. The molecule has 0 atom stereocenters. The molecule has 26 heavy (non-hydrogen) atoms. The first kappa shape index (κ1) is 16.9. The molecule has 0 bridgehead atoms. The molecule has 0 radical (unpaired) electrons. The van der Waals surface area contributed by atoms with Gasteiger partial charge in [-0.1, -0.05) is 47.5 Å². The molecule has 0 aromatic heterocycles. The maximum atomic E-state index is 12.6. The number of hydrogen-bond acceptors (Lipinski definition) is 2. The minimum absolute atomic E-state index is 0.322. The largest absolute Gasteiger partial charge is 0.321 e. The third kappa shape index (κ3) is 2.54. The zero-order chi connectivity index (χ0) is 18.6. The Morgan fingerprint density at radius 2 is 1.08 bits per heavy atom. The molecule has 0 fully saturated rings. The Labute approximate surface area is 160 Å². The molecular formula is C20H14Cl2N2O2. The Morgan fingerprint density at radius 1 is 0.692 bits per heavy atom. The predicted molar refractivity (Wildman–Crippen MR) is 103 cm³/mol. The van der Waals surface area contributed by atoms with Gasteiger partial charge in [0.25, 0.3) is 11.8 Å². The molecule has 0 aliphatic carbocycles. The zero-order valence-corrected chi connectivity index (χ0v) is 15.5. The first-order valence-corrected chi connectivity index (χ1v) is 8.77. The monoisotopic (exact) mass is 384 g/mol. The summed E-state index contributed by atoms with van der Waals surface area (Å²) in [6.45, 7) is 3.79. The van der Waals surface area contributed by atoms with Crippen LogP contribution >= 0.6 is 23.2 Å². The molecule has 2 aliphatic heterocycles. The molecule has 0 saturated heterocycles. The molecule has 4 rings (SSSR count). The van der Waals surface area contributed by atoms with Crippen molar-refractivity contribution in [1.82, 2.24) is 10.6 Å². The molecule has 2 amide bonds. The van der Waals surface area contributed by atoms with Gasteiger partial charge in [-0.2, -0.15) is 0 Å². The van der Waals surface area contributed by atoms with Crippen LogP contribution in [0.2, 0.25) is 10.0 Å². The van der Waals surface area contributed by atoms with E-state index >= 15 is 0 Å². The maximum Gasteiger partial charge on any atom is 0.258 e. The fourth-order valence-corrected chi connectivity index (χ4v) is 3.47. The van der Waals surface area contributed by atoms with Crippen LogP contribution in [0.15, 0.2) is 47.5 Å². The van der Waals surface area contributed by atoms with Crippen molar-refractivity contribution < 1.29 is 9.59 Å². The average molecular weight is 385 g/mol.